The van der Waals surface area contributed by atoms with Crippen molar-refractivity contribution >= 4 is 5.91 Å². The molecule has 0 aliphatic heterocycles. The highest BCUT2D eigenvalue weighted by atomic mass is 19.1. The lowest BCUT2D eigenvalue weighted by molar-refractivity contribution is 0.0939. The zero-order valence-corrected chi connectivity index (χ0v) is 10.9. The minimum absolute atomic E-state index is 0.158. The molecule has 0 bridgehead atoms. The molecule has 1 heterocycles. The molecule has 2 N–H and O–H groups in total. The Balaban J connectivity index is 2.03. The lowest BCUT2D eigenvalue weighted by Crippen LogP contribution is -2.26. The zero-order chi connectivity index (χ0) is 13.8. The van der Waals surface area contributed by atoms with Crippen molar-refractivity contribution in [1.82, 2.24) is 15.5 Å². The van der Waals surface area contributed by atoms with Crippen LogP contribution in [0.1, 0.15) is 47.7 Å². The molecule has 2 rings (SSSR count). The second-order valence-corrected chi connectivity index (χ2v) is 4.45. The largest absolute Gasteiger partial charge is 0.344 e. The molecule has 0 aliphatic rings. The van der Waals surface area contributed by atoms with E-state index < -0.39 is 6.17 Å². The first kappa shape index (κ1) is 13.3. The number of nitrogens with zero attached hydrogens (tertiary/aromatic N) is 1. The fourth-order valence-electron chi connectivity index (χ4n) is 1.77. The fourth-order valence-corrected chi connectivity index (χ4v) is 1.77. The number of rotatable bonds is 4. The molecule has 2 unspecified atom stereocenters. The smallest absolute Gasteiger partial charge is 0.251 e. The van der Waals surface area contributed by atoms with Gasteiger partial charge in [0.1, 0.15) is 6.17 Å². The van der Waals surface area contributed by atoms with E-state index in [1.54, 1.807) is 36.5 Å². The van der Waals surface area contributed by atoms with Gasteiger partial charge in [-0.3, -0.25) is 9.89 Å². The van der Waals surface area contributed by atoms with Crippen molar-refractivity contribution in [2.75, 3.05) is 0 Å². The topological polar surface area (TPSA) is 57.8 Å². The van der Waals surface area contributed by atoms with E-state index in [2.05, 4.69) is 15.5 Å². The van der Waals surface area contributed by atoms with Crippen molar-refractivity contribution in [3.8, 4) is 0 Å². The van der Waals surface area contributed by atoms with E-state index in [1.807, 2.05) is 6.92 Å². The Labute approximate surface area is 111 Å². The number of carbonyl (C=O) groups excluding carboxylic acids is 1. The van der Waals surface area contributed by atoms with E-state index in [1.165, 1.54) is 6.92 Å². The number of alkyl halides is 1. The minimum Gasteiger partial charge on any atom is -0.344 e. The molecule has 100 valence electrons. The molecule has 1 amide bonds. The van der Waals surface area contributed by atoms with Crippen molar-refractivity contribution < 1.29 is 9.18 Å². The Kier molecular flexibility index (Phi) is 3.94. The van der Waals surface area contributed by atoms with Crippen LogP contribution in [0.3, 0.4) is 0 Å². The molecular weight excluding hydrogens is 245 g/mol. The van der Waals surface area contributed by atoms with Crippen LogP contribution < -0.4 is 5.32 Å². The Hall–Kier alpha value is -2.17. The standard InChI is InChI=1S/C14H16FN3O/c1-9(15)11-3-5-12(6-4-11)14(19)17-10(2)13-7-8-16-18-13/h3-10H,1-2H3,(H,16,18)(H,17,19). The number of hydrogen-bond donors (Lipinski definition) is 2. The van der Waals surface area contributed by atoms with Crippen LogP contribution in [0.4, 0.5) is 4.39 Å². The summed E-state index contributed by atoms with van der Waals surface area (Å²) in [6.45, 7) is 3.33. The number of nitrogens with one attached hydrogen (secondary N) is 2. The van der Waals surface area contributed by atoms with E-state index in [9.17, 15) is 9.18 Å². The van der Waals surface area contributed by atoms with E-state index in [0.717, 1.165) is 5.69 Å². The number of aromatic nitrogens is 2. The summed E-state index contributed by atoms with van der Waals surface area (Å²) in [4.78, 5) is 12.0. The van der Waals surface area contributed by atoms with Crippen molar-refractivity contribution in [3.05, 3.63) is 53.3 Å². The molecule has 2 atom stereocenters. The average molecular weight is 261 g/mol. The Bertz CT molecular complexity index is 534. The van der Waals surface area contributed by atoms with Crippen LogP contribution in [0.25, 0.3) is 0 Å². The number of hydrogen-bond acceptors (Lipinski definition) is 2. The van der Waals surface area contributed by atoms with Gasteiger partial charge < -0.3 is 5.32 Å². The lowest BCUT2D eigenvalue weighted by atomic mass is 10.1. The molecule has 0 saturated carbocycles. The molecule has 19 heavy (non-hydrogen) atoms. The highest BCUT2D eigenvalue weighted by molar-refractivity contribution is 5.94. The number of aromatic amines is 1. The van der Waals surface area contributed by atoms with E-state index in [4.69, 9.17) is 0 Å². The maximum Gasteiger partial charge on any atom is 0.251 e. The summed E-state index contributed by atoms with van der Waals surface area (Å²) in [5, 5.41) is 9.48. The Morgan fingerprint density at radius 2 is 1.95 bits per heavy atom. The minimum atomic E-state index is -1.03. The molecule has 5 heteroatoms. The number of benzene rings is 1. The van der Waals surface area contributed by atoms with E-state index in [-0.39, 0.29) is 11.9 Å². The summed E-state index contributed by atoms with van der Waals surface area (Å²) < 4.78 is 13.1. The van der Waals surface area contributed by atoms with Crippen LogP contribution in [0.15, 0.2) is 36.5 Å². The highest BCUT2D eigenvalue weighted by Gasteiger charge is 2.12. The molecule has 0 fully saturated rings. The number of halogens is 1. The molecule has 4 nitrogen and oxygen atoms in total. The Morgan fingerprint density at radius 3 is 2.47 bits per heavy atom. The number of H-pyrrole nitrogens is 1. The molecule has 0 aliphatic carbocycles. The third-order valence-corrected chi connectivity index (χ3v) is 2.97. The Morgan fingerprint density at radius 1 is 1.26 bits per heavy atom. The van der Waals surface area contributed by atoms with Crippen LogP contribution in [0, 0.1) is 0 Å². The van der Waals surface area contributed by atoms with Crippen molar-refractivity contribution in [2.45, 2.75) is 26.1 Å². The first-order valence-corrected chi connectivity index (χ1v) is 6.12. The van der Waals surface area contributed by atoms with Gasteiger partial charge in [0.25, 0.3) is 5.91 Å². The maximum absolute atomic E-state index is 13.1. The summed E-state index contributed by atoms with van der Waals surface area (Å²) in [5.74, 6) is -0.194. The molecule has 1 aromatic heterocycles. The fraction of sp³-hybridized carbons (Fsp3) is 0.286. The van der Waals surface area contributed by atoms with Crippen molar-refractivity contribution in [2.24, 2.45) is 0 Å². The van der Waals surface area contributed by atoms with Crippen LogP contribution in [-0.2, 0) is 0 Å². The summed E-state index contributed by atoms with van der Waals surface area (Å²) in [7, 11) is 0. The zero-order valence-electron chi connectivity index (χ0n) is 10.9. The van der Waals surface area contributed by atoms with Crippen LogP contribution >= 0.6 is 0 Å². The van der Waals surface area contributed by atoms with E-state index in [0.29, 0.717) is 11.1 Å². The monoisotopic (exact) mass is 261 g/mol. The first-order chi connectivity index (χ1) is 9.08. The summed E-state index contributed by atoms with van der Waals surface area (Å²) in [6, 6.07) is 8.15. The molecular formula is C14H16FN3O. The van der Waals surface area contributed by atoms with Gasteiger partial charge in [0, 0.05) is 11.8 Å². The molecule has 0 radical (unpaired) electrons. The van der Waals surface area contributed by atoms with Gasteiger partial charge in [-0.1, -0.05) is 12.1 Å². The van der Waals surface area contributed by atoms with Gasteiger partial charge in [-0.2, -0.15) is 5.10 Å². The van der Waals surface area contributed by atoms with Gasteiger partial charge in [-0.05, 0) is 37.6 Å². The molecule has 0 saturated heterocycles. The van der Waals surface area contributed by atoms with Crippen LogP contribution in [0.2, 0.25) is 0 Å². The predicted molar refractivity (Wildman–Crippen MR) is 70.4 cm³/mol. The third kappa shape index (κ3) is 3.19. The van der Waals surface area contributed by atoms with Gasteiger partial charge >= 0.3 is 0 Å². The molecule has 1 aromatic carbocycles. The normalized spacial score (nSPS) is 13.8. The molecule has 0 spiro atoms. The summed E-state index contributed by atoms with van der Waals surface area (Å²) in [6.07, 6.45) is 0.608. The predicted octanol–water partition coefficient (Wildman–Crippen LogP) is 2.93. The highest BCUT2D eigenvalue weighted by Crippen LogP contribution is 2.17. The average Bonchev–Trinajstić information content (AvgIpc) is 2.92. The second-order valence-electron chi connectivity index (χ2n) is 4.45. The summed E-state index contributed by atoms with van der Waals surface area (Å²) in [5.41, 5.74) is 1.91. The van der Waals surface area contributed by atoms with Crippen LogP contribution in [-0.4, -0.2) is 16.1 Å². The lowest BCUT2D eigenvalue weighted by Gasteiger charge is -2.12. The second kappa shape index (κ2) is 5.65. The van der Waals surface area contributed by atoms with Gasteiger partial charge in [0.05, 0.1) is 11.7 Å². The number of amides is 1. The van der Waals surface area contributed by atoms with Gasteiger partial charge in [-0.15, -0.1) is 0 Å². The third-order valence-electron chi connectivity index (χ3n) is 2.97. The van der Waals surface area contributed by atoms with Gasteiger partial charge in [0.2, 0.25) is 0 Å². The van der Waals surface area contributed by atoms with Crippen molar-refractivity contribution in [3.63, 3.8) is 0 Å². The molecule has 2 aromatic rings. The maximum atomic E-state index is 13.1. The van der Waals surface area contributed by atoms with Gasteiger partial charge in [0.15, 0.2) is 0 Å². The van der Waals surface area contributed by atoms with Crippen molar-refractivity contribution in [1.29, 1.82) is 0 Å². The quantitative estimate of drug-likeness (QED) is 0.889. The van der Waals surface area contributed by atoms with E-state index >= 15 is 0 Å². The van der Waals surface area contributed by atoms with Crippen LogP contribution in [0.5, 0.6) is 0 Å². The SMILES string of the molecule is CC(F)c1ccc(C(=O)NC(C)c2ccn[nH]2)cc1. The summed E-state index contributed by atoms with van der Waals surface area (Å²) >= 11 is 0. The number of carbonyl (C=O) groups is 1. The van der Waals surface area contributed by atoms with Gasteiger partial charge in [-0.25, -0.2) is 4.39 Å². The first-order valence-electron chi connectivity index (χ1n) is 6.12.